The average molecular weight is 300 g/mol. The summed E-state index contributed by atoms with van der Waals surface area (Å²) in [6, 6.07) is 4.23. The normalized spacial score (nSPS) is 11.5. The number of nitrogens with zero attached hydrogens (tertiary/aromatic N) is 2. The molecule has 0 aliphatic rings. The van der Waals surface area contributed by atoms with Crippen LogP contribution >= 0.6 is 0 Å². The lowest BCUT2D eigenvalue weighted by molar-refractivity contribution is -0.693. The molecule has 5 nitrogen and oxygen atoms in total. The molecular formula is C10H15F3N2O3S. The van der Waals surface area contributed by atoms with Crippen LogP contribution in [0.4, 0.5) is 18.9 Å². The van der Waals surface area contributed by atoms with E-state index in [-0.39, 0.29) is 0 Å². The molecule has 1 aromatic rings. The van der Waals surface area contributed by atoms with Crippen LogP contribution in [0.1, 0.15) is 6.92 Å². The molecule has 110 valence electrons. The Morgan fingerprint density at radius 3 is 1.84 bits per heavy atom. The van der Waals surface area contributed by atoms with Crippen LogP contribution in [0, 0.1) is 0 Å². The van der Waals surface area contributed by atoms with Crippen molar-refractivity contribution in [1.29, 1.82) is 0 Å². The highest BCUT2D eigenvalue weighted by Crippen LogP contribution is 2.20. The lowest BCUT2D eigenvalue weighted by Crippen LogP contribution is -2.31. The number of pyridine rings is 1. The van der Waals surface area contributed by atoms with Crippen LogP contribution < -0.4 is 9.47 Å². The molecule has 0 saturated heterocycles. The third kappa shape index (κ3) is 6.39. The lowest BCUT2D eigenvalue weighted by Gasteiger charge is -2.09. The minimum atomic E-state index is -6.09. The Morgan fingerprint density at radius 2 is 1.63 bits per heavy atom. The Kier molecular flexibility index (Phi) is 6.23. The van der Waals surface area contributed by atoms with E-state index < -0.39 is 15.6 Å². The molecule has 0 radical (unpaired) electrons. The van der Waals surface area contributed by atoms with E-state index >= 15 is 0 Å². The van der Waals surface area contributed by atoms with Gasteiger partial charge in [-0.25, -0.2) is 13.0 Å². The summed E-state index contributed by atoms with van der Waals surface area (Å²) in [5.41, 5.74) is -4.40. The van der Waals surface area contributed by atoms with Gasteiger partial charge in [0.25, 0.3) is 0 Å². The second kappa shape index (κ2) is 6.71. The van der Waals surface area contributed by atoms with Gasteiger partial charge in [0.2, 0.25) is 0 Å². The standard InChI is InChI=1S/C9H15N2.CHF3O3S/c1-4-11-7-5-9(6-8-11)10(2)3;2-1(3,4)8(5,6)7/h5-8H,4H2,1-3H3;(H,5,6,7)/q+1;/p-1. The van der Waals surface area contributed by atoms with Crippen LogP contribution in [0.5, 0.6) is 0 Å². The monoisotopic (exact) mass is 300 g/mol. The van der Waals surface area contributed by atoms with Gasteiger partial charge in [0, 0.05) is 31.9 Å². The van der Waals surface area contributed by atoms with E-state index in [4.69, 9.17) is 13.0 Å². The van der Waals surface area contributed by atoms with Crippen molar-refractivity contribution in [3.63, 3.8) is 0 Å². The average Bonchev–Trinajstić information content (AvgIpc) is 2.27. The van der Waals surface area contributed by atoms with Crippen LogP contribution in [0.2, 0.25) is 0 Å². The second-order valence-corrected chi connectivity index (χ2v) is 5.05. The summed E-state index contributed by atoms with van der Waals surface area (Å²) in [5, 5.41) is 0. The lowest BCUT2D eigenvalue weighted by atomic mass is 10.4. The van der Waals surface area contributed by atoms with Crippen LogP contribution in [-0.2, 0) is 16.7 Å². The van der Waals surface area contributed by atoms with Crippen molar-refractivity contribution in [3.05, 3.63) is 24.5 Å². The van der Waals surface area contributed by atoms with Crippen molar-refractivity contribution in [2.75, 3.05) is 19.0 Å². The minimum absolute atomic E-state index is 1.04. The number of alkyl halides is 3. The van der Waals surface area contributed by atoms with Crippen molar-refractivity contribution in [2.45, 2.75) is 19.0 Å². The quantitative estimate of drug-likeness (QED) is 0.466. The molecule has 1 aromatic heterocycles. The molecule has 0 N–H and O–H groups in total. The van der Waals surface area contributed by atoms with Gasteiger partial charge in [-0.15, -0.1) is 0 Å². The summed E-state index contributed by atoms with van der Waals surface area (Å²) in [5.74, 6) is 0. The van der Waals surface area contributed by atoms with E-state index in [0.29, 0.717) is 0 Å². The van der Waals surface area contributed by atoms with E-state index in [2.05, 4.69) is 40.9 Å². The summed E-state index contributed by atoms with van der Waals surface area (Å²) in [7, 11) is -2.00. The van der Waals surface area contributed by atoms with Crippen molar-refractivity contribution in [1.82, 2.24) is 0 Å². The highest BCUT2D eigenvalue weighted by atomic mass is 32.2. The summed E-state index contributed by atoms with van der Waals surface area (Å²) in [6.07, 6.45) is 4.19. The Bertz CT molecular complexity index is 484. The van der Waals surface area contributed by atoms with E-state index in [1.54, 1.807) is 0 Å². The predicted molar refractivity (Wildman–Crippen MR) is 62.4 cm³/mol. The Balaban J connectivity index is 0.000000362. The summed E-state index contributed by atoms with van der Waals surface area (Å²) in [4.78, 5) is 2.10. The first-order valence-electron chi connectivity index (χ1n) is 5.17. The van der Waals surface area contributed by atoms with E-state index in [0.717, 1.165) is 6.54 Å². The fourth-order valence-corrected chi connectivity index (χ4v) is 0.958. The molecule has 0 aromatic carbocycles. The molecule has 0 amide bonds. The molecule has 0 aliphatic carbocycles. The first-order valence-corrected chi connectivity index (χ1v) is 6.58. The zero-order valence-corrected chi connectivity index (χ0v) is 11.5. The van der Waals surface area contributed by atoms with Crippen LogP contribution in [-0.4, -0.2) is 32.6 Å². The molecule has 0 bridgehead atoms. The summed E-state index contributed by atoms with van der Waals surface area (Å²) in [6.45, 7) is 3.17. The van der Waals surface area contributed by atoms with E-state index in [1.165, 1.54) is 5.69 Å². The van der Waals surface area contributed by atoms with Gasteiger partial charge in [-0.3, -0.25) is 0 Å². The molecule has 0 saturated carbocycles. The Hall–Kier alpha value is -1.35. The molecular weight excluding hydrogens is 285 g/mol. The molecule has 0 unspecified atom stereocenters. The predicted octanol–water partition coefficient (Wildman–Crippen LogP) is 1.11. The molecule has 9 heteroatoms. The van der Waals surface area contributed by atoms with Gasteiger partial charge in [-0.05, 0) is 6.92 Å². The summed E-state index contributed by atoms with van der Waals surface area (Å²) < 4.78 is 61.0. The third-order valence-electron chi connectivity index (χ3n) is 2.04. The SMILES string of the molecule is CC[n+]1ccc(N(C)C)cc1.O=S(=O)([O-])C(F)(F)F. The molecule has 0 aliphatic heterocycles. The number of aryl methyl sites for hydroxylation is 1. The highest BCUT2D eigenvalue weighted by Gasteiger charge is 2.36. The fraction of sp³-hybridized carbons (Fsp3) is 0.500. The van der Waals surface area contributed by atoms with Gasteiger partial charge in [0.15, 0.2) is 22.5 Å². The first kappa shape index (κ1) is 17.6. The highest BCUT2D eigenvalue weighted by molar-refractivity contribution is 7.86. The maximum atomic E-state index is 10.7. The topological polar surface area (TPSA) is 64.3 Å². The van der Waals surface area contributed by atoms with E-state index in [9.17, 15) is 13.2 Å². The molecule has 0 spiro atoms. The Labute approximate surface area is 110 Å². The third-order valence-corrected chi connectivity index (χ3v) is 2.61. The number of anilines is 1. The number of aromatic nitrogens is 1. The zero-order valence-electron chi connectivity index (χ0n) is 10.7. The molecule has 1 heterocycles. The van der Waals surface area contributed by atoms with Gasteiger partial charge in [0.1, 0.15) is 6.54 Å². The summed E-state index contributed by atoms with van der Waals surface area (Å²) >= 11 is 0. The van der Waals surface area contributed by atoms with Crippen molar-refractivity contribution >= 4 is 15.8 Å². The molecule has 1 rings (SSSR count). The van der Waals surface area contributed by atoms with E-state index in [1.807, 2.05) is 14.1 Å². The number of halogens is 3. The minimum Gasteiger partial charge on any atom is -0.741 e. The van der Waals surface area contributed by atoms with Crippen molar-refractivity contribution in [3.8, 4) is 0 Å². The van der Waals surface area contributed by atoms with Crippen LogP contribution in [0.25, 0.3) is 0 Å². The fourth-order valence-electron chi connectivity index (χ4n) is 0.958. The van der Waals surface area contributed by atoms with Gasteiger partial charge in [0.05, 0.1) is 0 Å². The zero-order chi connectivity index (χ0) is 15.3. The number of rotatable bonds is 2. The van der Waals surface area contributed by atoms with Crippen LogP contribution in [0.15, 0.2) is 24.5 Å². The van der Waals surface area contributed by atoms with Gasteiger partial charge >= 0.3 is 5.51 Å². The van der Waals surface area contributed by atoms with Crippen molar-refractivity contribution < 1.29 is 30.7 Å². The molecule has 19 heavy (non-hydrogen) atoms. The molecule has 0 fully saturated rings. The molecule has 0 atom stereocenters. The second-order valence-electron chi connectivity index (χ2n) is 3.68. The van der Waals surface area contributed by atoms with Gasteiger partial charge < -0.3 is 9.45 Å². The van der Waals surface area contributed by atoms with Gasteiger partial charge in [-0.2, -0.15) is 13.2 Å². The smallest absolute Gasteiger partial charge is 0.485 e. The maximum absolute atomic E-state index is 10.7. The van der Waals surface area contributed by atoms with Crippen molar-refractivity contribution in [2.24, 2.45) is 0 Å². The Morgan fingerprint density at radius 1 is 1.26 bits per heavy atom. The van der Waals surface area contributed by atoms with Crippen LogP contribution in [0.3, 0.4) is 0 Å². The first-order chi connectivity index (χ1) is 8.49. The number of hydrogen-bond donors (Lipinski definition) is 0. The largest absolute Gasteiger partial charge is 0.741 e. The van der Waals surface area contributed by atoms with Gasteiger partial charge in [-0.1, -0.05) is 0 Å². The number of hydrogen-bond acceptors (Lipinski definition) is 4. The maximum Gasteiger partial charge on any atom is 0.485 e.